The van der Waals surface area contributed by atoms with Crippen LogP contribution in [0.2, 0.25) is 5.15 Å². The van der Waals surface area contributed by atoms with Crippen molar-refractivity contribution in [2.45, 2.75) is 6.04 Å². The summed E-state index contributed by atoms with van der Waals surface area (Å²) < 4.78 is 0. The molecule has 0 saturated heterocycles. The fourth-order valence-electron chi connectivity index (χ4n) is 1.64. The lowest BCUT2D eigenvalue weighted by molar-refractivity contribution is 0.636. The van der Waals surface area contributed by atoms with Crippen molar-refractivity contribution in [3.05, 3.63) is 52.9 Å². The first-order valence-corrected chi connectivity index (χ1v) is 5.38. The molecule has 5 nitrogen and oxygen atoms in total. The number of nitrogens with one attached hydrogen (secondary N) is 1. The van der Waals surface area contributed by atoms with E-state index in [0.717, 1.165) is 11.1 Å². The quantitative estimate of drug-likeness (QED) is 0.433. The number of hydrogen-bond donors (Lipinski definition) is 3. The summed E-state index contributed by atoms with van der Waals surface area (Å²) in [5.41, 5.74) is 10.2. The maximum Gasteiger partial charge on any atom is 0.129 e. The van der Waals surface area contributed by atoms with Crippen molar-refractivity contribution in [2.75, 3.05) is 5.73 Å². The van der Waals surface area contributed by atoms with Gasteiger partial charge in [-0.05, 0) is 23.8 Å². The van der Waals surface area contributed by atoms with Gasteiger partial charge in [-0.1, -0.05) is 17.7 Å². The number of nitrogen functional groups attached to an aromatic ring is 1. The molecule has 0 radical (unpaired) electrons. The summed E-state index contributed by atoms with van der Waals surface area (Å²) in [4.78, 5) is 7.95. The molecule has 1 atom stereocenters. The van der Waals surface area contributed by atoms with Crippen LogP contribution in [0.1, 0.15) is 17.2 Å². The third-order valence-electron chi connectivity index (χ3n) is 2.43. The maximum atomic E-state index is 5.85. The Labute approximate surface area is 104 Å². The van der Waals surface area contributed by atoms with Gasteiger partial charge in [0.1, 0.15) is 11.0 Å². The third kappa shape index (κ3) is 2.52. The number of rotatable bonds is 3. The molecule has 1 unspecified atom stereocenters. The van der Waals surface area contributed by atoms with E-state index in [1.165, 1.54) is 0 Å². The predicted molar refractivity (Wildman–Crippen MR) is 67.1 cm³/mol. The molecule has 2 aromatic rings. The highest BCUT2D eigenvalue weighted by Crippen LogP contribution is 2.25. The summed E-state index contributed by atoms with van der Waals surface area (Å²) in [5, 5.41) is 0.408. The molecule has 0 aliphatic carbocycles. The Kier molecular flexibility index (Phi) is 3.53. The first-order valence-electron chi connectivity index (χ1n) is 5.00. The Balaban J connectivity index is 2.44. The smallest absolute Gasteiger partial charge is 0.129 e. The molecule has 0 fully saturated rings. The number of halogens is 1. The Hall–Kier alpha value is -1.69. The van der Waals surface area contributed by atoms with Gasteiger partial charge in [-0.2, -0.15) is 0 Å². The first-order chi connectivity index (χ1) is 8.22. The van der Waals surface area contributed by atoms with Gasteiger partial charge in [-0.3, -0.25) is 5.84 Å². The Morgan fingerprint density at radius 1 is 1.24 bits per heavy atom. The van der Waals surface area contributed by atoms with E-state index in [1.807, 2.05) is 12.1 Å². The second-order valence-corrected chi connectivity index (χ2v) is 3.88. The largest absolute Gasteiger partial charge is 0.383 e. The van der Waals surface area contributed by atoms with Gasteiger partial charge in [-0.25, -0.2) is 15.4 Å². The molecular formula is C11H12ClN5. The molecule has 88 valence electrons. The summed E-state index contributed by atoms with van der Waals surface area (Å²) in [6.07, 6.45) is 3.25. The zero-order valence-corrected chi connectivity index (χ0v) is 9.72. The van der Waals surface area contributed by atoms with Crippen LogP contribution in [0.5, 0.6) is 0 Å². The van der Waals surface area contributed by atoms with Crippen molar-refractivity contribution in [2.24, 2.45) is 5.84 Å². The third-order valence-corrected chi connectivity index (χ3v) is 2.64. The lowest BCUT2D eigenvalue weighted by atomic mass is 10.0. The van der Waals surface area contributed by atoms with Gasteiger partial charge in [0.15, 0.2) is 0 Å². The minimum absolute atomic E-state index is 0.260. The van der Waals surface area contributed by atoms with Crippen LogP contribution in [-0.2, 0) is 0 Å². The molecule has 0 amide bonds. The highest BCUT2D eigenvalue weighted by atomic mass is 35.5. The molecule has 0 aliphatic rings. The molecule has 0 aromatic carbocycles. The highest BCUT2D eigenvalue weighted by molar-refractivity contribution is 6.29. The van der Waals surface area contributed by atoms with Gasteiger partial charge in [0.2, 0.25) is 0 Å². The minimum atomic E-state index is -0.260. The summed E-state index contributed by atoms with van der Waals surface area (Å²) in [5.74, 6) is 5.99. The number of nitrogens with zero attached hydrogens (tertiary/aromatic N) is 2. The van der Waals surface area contributed by atoms with Gasteiger partial charge in [0.05, 0.1) is 6.04 Å². The standard InChI is InChI=1S/C11H12ClN5/c12-9-6-7(3-5-15-9)10(17-14)8-2-1-4-16-11(8)13/h1-6,10,17H,14H2,(H2,13,16). The topological polar surface area (TPSA) is 89.8 Å². The van der Waals surface area contributed by atoms with Crippen LogP contribution in [-0.4, -0.2) is 9.97 Å². The van der Waals surface area contributed by atoms with Gasteiger partial charge < -0.3 is 5.73 Å². The summed E-state index contributed by atoms with van der Waals surface area (Å²) >= 11 is 5.85. The summed E-state index contributed by atoms with van der Waals surface area (Å²) in [7, 11) is 0. The molecular weight excluding hydrogens is 238 g/mol. The van der Waals surface area contributed by atoms with Crippen LogP contribution >= 0.6 is 11.6 Å². The van der Waals surface area contributed by atoms with Gasteiger partial charge in [0, 0.05) is 18.0 Å². The summed E-state index contributed by atoms with van der Waals surface area (Å²) in [6.45, 7) is 0. The predicted octanol–water partition coefficient (Wildman–Crippen LogP) is 1.26. The zero-order chi connectivity index (χ0) is 12.3. The van der Waals surface area contributed by atoms with Crippen molar-refractivity contribution in [1.82, 2.24) is 15.4 Å². The van der Waals surface area contributed by atoms with E-state index in [-0.39, 0.29) is 6.04 Å². The molecule has 2 aromatic heterocycles. The average molecular weight is 250 g/mol. The Morgan fingerprint density at radius 2 is 2.06 bits per heavy atom. The van der Waals surface area contributed by atoms with Gasteiger partial charge in [0.25, 0.3) is 0 Å². The van der Waals surface area contributed by atoms with Crippen molar-refractivity contribution in [3.8, 4) is 0 Å². The van der Waals surface area contributed by atoms with E-state index in [0.29, 0.717) is 11.0 Å². The molecule has 0 spiro atoms. The van der Waals surface area contributed by atoms with Crippen molar-refractivity contribution < 1.29 is 0 Å². The normalized spacial score (nSPS) is 12.4. The fraction of sp³-hybridized carbons (Fsp3) is 0.0909. The number of hydrazine groups is 1. The van der Waals surface area contributed by atoms with Gasteiger partial charge in [-0.15, -0.1) is 0 Å². The van der Waals surface area contributed by atoms with Crippen LogP contribution in [0.4, 0.5) is 5.82 Å². The number of hydrogen-bond acceptors (Lipinski definition) is 5. The SMILES string of the molecule is NNC(c1ccnc(Cl)c1)c1cccnc1N. The monoisotopic (exact) mass is 249 g/mol. The van der Waals surface area contributed by atoms with Crippen molar-refractivity contribution in [1.29, 1.82) is 0 Å². The molecule has 0 aliphatic heterocycles. The second-order valence-electron chi connectivity index (χ2n) is 3.49. The minimum Gasteiger partial charge on any atom is -0.383 e. The highest BCUT2D eigenvalue weighted by Gasteiger charge is 2.15. The molecule has 0 saturated carbocycles. The van der Waals surface area contributed by atoms with E-state index in [9.17, 15) is 0 Å². The van der Waals surface area contributed by atoms with Crippen molar-refractivity contribution in [3.63, 3.8) is 0 Å². The molecule has 2 rings (SSSR count). The van der Waals surface area contributed by atoms with Crippen molar-refractivity contribution >= 4 is 17.4 Å². The van der Waals surface area contributed by atoms with E-state index < -0.39 is 0 Å². The Morgan fingerprint density at radius 3 is 2.71 bits per heavy atom. The van der Waals surface area contributed by atoms with Crippen LogP contribution < -0.4 is 17.0 Å². The summed E-state index contributed by atoms with van der Waals surface area (Å²) in [6, 6.07) is 6.96. The average Bonchev–Trinajstić information content (AvgIpc) is 2.33. The van der Waals surface area contributed by atoms with E-state index in [2.05, 4.69) is 15.4 Å². The molecule has 17 heavy (non-hydrogen) atoms. The number of nitrogens with two attached hydrogens (primary N) is 2. The first kappa shape index (κ1) is 11.8. The van der Waals surface area contributed by atoms with Crippen LogP contribution in [0, 0.1) is 0 Å². The van der Waals surface area contributed by atoms with E-state index in [4.69, 9.17) is 23.2 Å². The lowest BCUT2D eigenvalue weighted by Crippen LogP contribution is -2.29. The van der Waals surface area contributed by atoms with E-state index >= 15 is 0 Å². The molecule has 2 heterocycles. The Bertz CT molecular complexity index is 517. The van der Waals surface area contributed by atoms with Crippen LogP contribution in [0.15, 0.2) is 36.7 Å². The van der Waals surface area contributed by atoms with Crippen LogP contribution in [0.25, 0.3) is 0 Å². The number of aromatic nitrogens is 2. The molecule has 0 bridgehead atoms. The van der Waals surface area contributed by atoms with Crippen LogP contribution in [0.3, 0.4) is 0 Å². The second kappa shape index (κ2) is 5.09. The van der Waals surface area contributed by atoms with Gasteiger partial charge >= 0.3 is 0 Å². The lowest BCUT2D eigenvalue weighted by Gasteiger charge is -2.17. The maximum absolute atomic E-state index is 5.85. The zero-order valence-electron chi connectivity index (χ0n) is 8.97. The molecule has 6 heteroatoms. The number of pyridine rings is 2. The molecule has 5 N–H and O–H groups in total. The number of anilines is 1. The fourth-order valence-corrected chi connectivity index (χ4v) is 1.82. The van der Waals surface area contributed by atoms with E-state index in [1.54, 1.807) is 24.5 Å².